The molecule has 0 spiro atoms. The van der Waals surface area contributed by atoms with Gasteiger partial charge in [0, 0.05) is 22.2 Å². The highest BCUT2D eigenvalue weighted by atomic mass is 32.1. The molecule has 0 aliphatic heterocycles. The number of aliphatic hydroxyl groups excluding tert-OH is 1. The highest BCUT2D eigenvalue weighted by Gasteiger charge is 2.18. The molecule has 0 fully saturated rings. The monoisotopic (exact) mass is 300 g/mol. The standard InChI is InChI=1S/C17H20N2OS/c1-12(2)19(11-15-5-4-8-21-15)17-9-14(10-18)6-7-16(17)13(3)20/h4-9,12-13,20H,11H2,1-3H3/t13-/m0/s1. The van der Waals surface area contributed by atoms with E-state index in [-0.39, 0.29) is 6.04 Å². The van der Waals surface area contributed by atoms with Gasteiger partial charge in [0.05, 0.1) is 24.3 Å². The van der Waals surface area contributed by atoms with E-state index in [0.717, 1.165) is 17.8 Å². The van der Waals surface area contributed by atoms with Gasteiger partial charge in [0.15, 0.2) is 0 Å². The smallest absolute Gasteiger partial charge is 0.0992 e. The Hall–Kier alpha value is -1.83. The molecular weight excluding hydrogens is 280 g/mol. The summed E-state index contributed by atoms with van der Waals surface area (Å²) in [6, 6.07) is 12.1. The Morgan fingerprint density at radius 3 is 2.57 bits per heavy atom. The van der Waals surface area contributed by atoms with Crippen molar-refractivity contribution in [1.29, 1.82) is 5.26 Å². The van der Waals surface area contributed by atoms with Gasteiger partial charge in [-0.15, -0.1) is 11.3 Å². The first-order valence-corrected chi connectivity index (χ1v) is 7.92. The van der Waals surface area contributed by atoms with Gasteiger partial charge in [0.25, 0.3) is 0 Å². The number of thiophene rings is 1. The number of benzene rings is 1. The predicted molar refractivity (Wildman–Crippen MR) is 87.4 cm³/mol. The van der Waals surface area contributed by atoms with Gasteiger partial charge in [0.1, 0.15) is 0 Å². The molecule has 0 saturated heterocycles. The number of anilines is 1. The summed E-state index contributed by atoms with van der Waals surface area (Å²) in [6.45, 7) is 6.79. The van der Waals surface area contributed by atoms with E-state index in [4.69, 9.17) is 5.26 Å². The van der Waals surface area contributed by atoms with Crippen molar-refractivity contribution in [2.45, 2.75) is 39.5 Å². The molecule has 1 aromatic carbocycles. The third kappa shape index (κ3) is 3.63. The summed E-state index contributed by atoms with van der Waals surface area (Å²) in [7, 11) is 0. The molecule has 4 heteroatoms. The molecule has 1 atom stereocenters. The molecule has 0 unspecified atom stereocenters. The molecule has 0 radical (unpaired) electrons. The zero-order chi connectivity index (χ0) is 15.4. The third-order valence-electron chi connectivity index (χ3n) is 3.45. The minimum absolute atomic E-state index is 0.276. The number of nitriles is 1. The lowest BCUT2D eigenvalue weighted by atomic mass is 10.0. The predicted octanol–water partition coefficient (Wildman–Crippen LogP) is 4.09. The van der Waals surface area contributed by atoms with Gasteiger partial charge < -0.3 is 10.0 Å². The molecule has 0 saturated carbocycles. The topological polar surface area (TPSA) is 47.3 Å². The number of aliphatic hydroxyl groups is 1. The van der Waals surface area contributed by atoms with E-state index in [1.54, 1.807) is 24.3 Å². The minimum atomic E-state index is -0.558. The summed E-state index contributed by atoms with van der Waals surface area (Å²) in [5.41, 5.74) is 2.41. The van der Waals surface area contributed by atoms with Crippen LogP contribution in [0.3, 0.4) is 0 Å². The van der Waals surface area contributed by atoms with Gasteiger partial charge in [-0.2, -0.15) is 5.26 Å². The maximum atomic E-state index is 10.0. The average Bonchev–Trinajstić information content (AvgIpc) is 2.96. The molecule has 0 amide bonds. The van der Waals surface area contributed by atoms with E-state index in [1.165, 1.54) is 4.88 Å². The largest absolute Gasteiger partial charge is 0.389 e. The van der Waals surface area contributed by atoms with E-state index in [2.05, 4.69) is 36.3 Å². The molecule has 0 aliphatic rings. The molecule has 1 N–H and O–H groups in total. The summed E-state index contributed by atoms with van der Waals surface area (Å²) in [5.74, 6) is 0. The fourth-order valence-corrected chi connectivity index (χ4v) is 3.03. The lowest BCUT2D eigenvalue weighted by Gasteiger charge is -2.31. The van der Waals surface area contributed by atoms with Crippen LogP contribution in [0.5, 0.6) is 0 Å². The van der Waals surface area contributed by atoms with Gasteiger partial charge in [-0.25, -0.2) is 0 Å². The van der Waals surface area contributed by atoms with Crippen LogP contribution >= 0.6 is 11.3 Å². The molecule has 110 valence electrons. The lowest BCUT2D eigenvalue weighted by molar-refractivity contribution is 0.199. The van der Waals surface area contributed by atoms with Gasteiger partial charge in [-0.05, 0) is 44.4 Å². The maximum Gasteiger partial charge on any atom is 0.0992 e. The van der Waals surface area contributed by atoms with E-state index >= 15 is 0 Å². The Morgan fingerprint density at radius 2 is 2.05 bits per heavy atom. The molecule has 3 nitrogen and oxygen atoms in total. The van der Waals surface area contributed by atoms with Crippen molar-refractivity contribution in [3.05, 3.63) is 51.7 Å². The molecular formula is C17H20N2OS. The molecule has 2 rings (SSSR count). The zero-order valence-corrected chi connectivity index (χ0v) is 13.4. The van der Waals surface area contributed by atoms with E-state index in [0.29, 0.717) is 5.56 Å². The van der Waals surface area contributed by atoms with Crippen molar-refractivity contribution >= 4 is 17.0 Å². The first-order valence-electron chi connectivity index (χ1n) is 7.04. The molecule has 0 aliphatic carbocycles. The Balaban J connectivity index is 2.45. The van der Waals surface area contributed by atoms with Crippen molar-refractivity contribution in [3.8, 4) is 6.07 Å². The fourth-order valence-electron chi connectivity index (χ4n) is 2.33. The molecule has 1 aromatic heterocycles. The van der Waals surface area contributed by atoms with Crippen molar-refractivity contribution in [1.82, 2.24) is 0 Å². The Morgan fingerprint density at radius 1 is 1.29 bits per heavy atom. The first-order chi connectivity index (χ1) is 10.0. The van der Waals surface area contributed by atoms with Crippen molar-refractivity contribution in [2.24, 2.45) is 0 Å². The second-order valence-corrected chi connectivity index (χ2v) is 6.39. The number of nitrogens with zero attached hydrogens (tertiary/aromatic N) is 2. The molecule has 2 aromatic rings. The van der Waals surface area contributed by atoms with Crippen molar-refractivity contribution in [3.63, 3.8) is 0 Å². The van der Waals surface area contributed by atoms with Gasteiger partial charge in [-0.1, -0.05) is 12.1 Å². The number of rotatable bonds is 5. The first kappa shape index (κ1) is 15.6. The van der Waals surface area contributed by atoms with Crippen LogP contribution in [0.2, 0.25) is 0 Å². The number of hydrogen-bond donors (Lipinski definition) is 1. The van der Waals surface area contributed by atoms with Crippen LogP contribution in [0.4, 0.5) is 5.69 Å². The quantitative estimate of drug-likeness (QED) is 0.904. The van der Waals surface area contributed by atoms with Gasteiger partial charge in [-0.3, -0.25) is 0 Å². The van der Waals surface area contributed by atoms with Crippen LogP contribution in [0, 0.1) is 11.3 Å². The average molecular weight is 300 g/mol. The Labute approximate surface area is 130 Å². The van der Waals surface area contributed by atoms with E-state index in [9.17, 15) is 5.11 Å². The van der Waals surface area contributed by atoms with Crippen LogP contribution in [0.15, 0.2) is 35.7 Å². The normalized spacial score (nSPS) is 12.2. The zero-order valence-electron chi connectivity index (χ0n) is 12.6. The number of hydrogen-bond acceptors (Lipinski definition) is 4. The second-order valence-electron chi connectivity index (χ2n) is 5.36. The maximum absolute atomic E-state index is 10.0. The summed E-state index contributed by atoms with van der Waals surface area (Å²) >= 11 is 1.72. The van der Waals surface area contributed by atoms with Crippen molar-refractivity contribution in [2.75, 3.05) is 4.90 Å². The van der Waals surface area contributed by atoms with Gasteiger partial charge >= 0.3 is 0 Å². The summed E-state index contributed by atoms with van der Waals surface area (Å²) in [6.07, 6.45) is -0.558. The lowest BCUT2D eigenvalue weighted by Crippen LogP contribution is -2.31. The Kier molecular flexibility index (Phi) is 5.00. The summed E-state index contributed by atoms with van der Waals surface area (Å²) in [5, 5.41) is 21.2. The summed E-state index contributed by atoms with van der Waals surface area (Å²) in [4.78, 5) is 3.50. The van der Waals surface area contributed by atoms with Crippen LogP contribution < -0.4 is 4.90 Å². The van der Waals surface area contributed by atoms with E-state index in [1.807, 2.05) is 18.2 Å². The third-order valence-corrected chi connectivity index (χ3v) is 4.31. The SMILES string of the molecule is CC(C)N(Cc1cccs1)c1cc(C#N)ccc1[C@H](C)O. The fraction of sp³-hybridized carbons (Fsp3) is 0.353. The van der Waals surface area contributed by atoms with Crippen LogP contribution in [-0.2, 0) is 6.54 Å². The minimum Gasteiger partial charge on any atom is -0.389 e. The molecule has 0 bridgehead atoms. The Bertz CT molecular complexity index is 627. The second kappa shape index (κ2) is 6.75. The van der Waals surface area contributed by atoms with Crippen LogP contribution in [0.25, 0.3) is 0 Å². The summed E-state index contributed by atoms with van der Waals surface area (Å²) < 4.78 is 0. The van der Waals surface area contributed by atoms with Gasteiger partial charge in [0.2, 0.25) is 0 Å². The van der Waals surface area contributed by atoms with Crippen LogP contribution in [-0.4, -0.2) is 11.1 Å². The highest BCUT2D eigenvalue weighted by molar-refractivity contribution is 7.09. The van der Waals surface area contributed by atoms with E-state index < -0.39 is 6.10 Å². The van der Waals surface area contributed by atoms with Crippen LogP contribution in [0.1, 0.15) is 42.9 Å². The van der Waals surface area contributed by atoms with Crippen molar-refractivity contribution < 1.29 is 5.11 Å². The highest BCUT2D eigenvalue weighted by Crippen LogP contribution is 2.31. The molecule has 21 heavy (non-hydrogen) atoms. The molecule has 1 heterocycles.